The molecule has 1 atom stereocenters. The van der Waals surface area contributed by atoms with E-state index in [2.05, 4.69) is 5.32 Å². The van der Waals surface area contributed by atoms with Crippen molar-refractivity contribution in [1.29, 1.82) is 0 Å². The van der Waals surface area contributed by atoms with Crippen LogP contribution < -0.4 is 20.5 Å². The predicted molar refractivity (Wildman–Crippen MR) is 171 cm³/mol. The fourth-order valence-electron chi connectivity index (χ4n) is 4.61. The van der Waals surface area contributed by atoms with Gasteiger partial charge in [-0.25, -0.2) is 0 Å². The number of Topliss-reactive ketones (excluding diaryl/α,β-unsaturated/α-hetero) is 1. The Morgan fingerprint density at radius 1 is 0.682 bits per heavy atom. The summed E-state index contributed by atoms with van der Waals surface area (Å²) in [4.78, 5) is 38.3. The first-order valence-electron chi connectivity index (χ1n) is 14.8. The topological polar surface area (TPSA) is 108 Å². The van der Waals surface area contributed by atoms with Crippen molar-refractivity contribution in [3.63, 3.8) is 0 Å². The van der Waals surface area contributed by atoms with Crippen molar-refractivity contribution in [2.24, 2.45) is 11.1 Å². The lowest BCUT2D eigenvalue weighted by molar-refractivity contribution is -0.133. The molecule has 0 aromatic heterocycles. The average Bonchev–Trinajstić information content (AvgIpc) is 3.03. The summed E-state index contributed by atoms with van der Waals surface area (Å²) in [6.45, 7) is 4.20. The maximum Gasteiger partial charge on any atom is 0.223 e. The number of ketones is 1. The lowest BCUT2D eigenvalue weighted by atomic mass is 9.84. The van der Waals surface area contributed by atoms with Crippen LogP contribution in [0.15, 0.2) is 109 Å². The van der Waals surface area contributed by atoms with Crippen molar-refractivity contribution in [3.8, 4) is 11.5 Å². The highest BCUT2D eigenvalue weighted by atomic mass is 16.5. The summed E-state index contributed by atoms with van der Waals surface area (Å²) in [6.07, 6.45) is 0.924. The Morgan fingerprint density at radius 2 is 1.16 bits per heavy atom. The number of benzene rings is 4. The number of hydrogen-bond acceptors (Lipinski definition) is 5. The van der Waals surface area contributed by atoms with Crippen molar-refractivity contribution in [3.05, 3.63) is 131 Å². The highest BCUT2D eigenvalue weighted by Crippen LogP contribution is 2.23. The van der Waals surface area contributed by atoms with Crippen molar-refractivity contribution in [2.45, 2.75) is 58.8 Å². The average molecular weight is 593 g/mol. The Kier molecular flexibility index (Phi) is 11.3. The maximum atomic E-state index is 13.3. The molecule has 228 valence electrons. The van der Waals surface area contributed by atoms with E-state index >= 15 is 0 Å². The van der Waals surface area contributed by atoms with Gasteiger partial charge in [0.25, 0.3) is 0 Å². The number of carbonyl (C=O) groups excluding carboxylic acids is 3. The van der Waals surface area contributed by atoms with E-state index in [0.717, 1.165) is 28.0 Å². The van der Waals surface area contributed by atoms with Crippen LogP contribution in [-0.4, -0.2) is 23.6 Å². The molecule has 4 aromatic rings. The van der Waals surface area contributed by atoms with Gasteiger partial charge in [-0.1, -0.05) is 98.8 Å². The fourth-order valence-corrected chi connectivity index (χ4v) is 4.61. The van der Waals surface area contributed by atoms with E-state index in [4.69, 9.17) is 15.2 Å². The standard InChI is InChI=1S/C37H40N2O5/c1-37(2,36(38)42)24-34(40)33(23-28-15-20-32(21-16-28)44-26-30-11-7-4-8-12-30)39-35(41)22-17-27-13-18-31(19-14-27)43-25-29-9-5-3-6-10-29/h3-16,18-21,33H,17,22-26H2,1-2H3,(H2,38,42)(H,39,41). The fraction of sp³-hybridized carbons (Fsp3) is 0.270. The van der Waals surface area contributed by atoms with Crippen molar-refractivity contribution in [2.75, 3.05) is 0 Å². The molecular weight excluding hydrogens is 552 g/mol. The first-order chi connectivity index (χ1) is 21.2. The van der Waals surface area contributed by atoms with Crippen LogP contribution >= 0.6 is 0 Å². The number of primary amides is 1. The zero-order valence-electron chi connectivity index (χ0n) is 25.3. The van der Waals surface area contributed by atoms with Gasteiger partial charge in [-0.15, -0.1) is 0 Å². The highest BCUT2D eigenvalue weighted by molar-refractivity contribution is 5.93. The molecule has 0 aliphatic heterocycles. The summed E-state index contributed by atoms with van der Waals surface area (Å²) in [5.41, 5.74) is 8.49. The number of carbonyl (C=O) groups is 3. The van der Waals surface area contributed by atoms with E-state index in [1.54, 1.807) is 13.8 Å². The highest BCUT2D eigenvalue weighted by Gasteiger charge is 2.32. The molecule has 7 nitrogen and oxygen atoms in total. The summed E-state index contributed by atoms with van der Waals surface area (Å²) in [7, 11) is 0. The largest absolute Gasteiger partial charge is 0.489 e. The molecule has 0 heterocycles. The molecule has 0 aliphatic carbocycles. The van der Waals surface area contributed by atoms with E-state index in [1.165, 1.54) is 0 Å². The molecule has 3 N–H and O–H groups in total. The van der Waals surface area contributed by atoms with Gasteiger partial charge in [0.15, 0.2) is 5.78 Å². The molecule has 0 saturated heterocycles. The van der Waals surface area contributed by atoms with Crippen molar-refractivity contribution in [1.82, 2.24) is 5.32 Å². The van der Waals surface area contributed by atoms with Crippen molar-refractivity contribution >= 4 is 17.6 Å². The van der Waals surface area contributed by atoms with E-state index < -0.39 is 17.4 Å². The normalized spacial score (nSPS) is 11.8. The molecule has 1 unspecified atom stereocenters. The van der Waals surface area contributed by atoms with Gasteiger partial charge in [0, 0.05) is 12.8 Å². The minimum absolute atomic E-state index is 0.0734. The SMILES string of the molecule is CC(C)(CC(=O)C(Cc1ccc(OCc2ccccc2)cc1)NC(=O)CCc1ccc(OCc2ccccc2)cc1)C(N)=O. The number of aryl methyl sites for hydroxylation is 1. The molecular formula is C37H40N2O5. The second-order valence-corrected chi connectivity index (χ2v) is 11.6. The molecule has 0 bridgehead atoms. The quantitative estimate of drug-likeness (QED) is 0.167. The third-order valence-electron chi connectivity index (χ3n) is 7.43. The molecule has 0 fully saturated rings. The lowest BCUT2D eigenvalue weighted by Crippen LogP contribution is -2.45. The van der Waals surface area contributed by atoms with Crippen LogP contribution in [-0.2, 0) is 40.4 Å². The number of hydrogen-bond donors (Lipinski definition) is 2. The third kappa shape index (κ3) is 10.1. The number of ether oxygens (including phenoxy) is 2. The molecule has 0 saturated carbocycles. The van der Waals surface area contributed by atoms with Crippen molar-refractivity contribution < 1.29 is 23.9 Å². The van der Waals surface area contributed by atoms with Crippen LogP contribution in [0.25, 0.3) is 0 Å². The van der Waals surface area contributed by atoms with Crippen LogP contribution in [0.1, 0.15) is 48.9 Å². The molecule has 0 radical (unpaired) electrons. The Bertz CT molecular complexity index is 1500. The van der Waals surface area contributed by atoms with Crippen LogP contribution in [0.4, 0.5) is 0 Å². The van der Waals surface area contributed by atoms with Gasteiger partial charge in [0.1, 0.15) is 24.7 Å². The first kappa shape index (κ1) is 32.0. The molecule has 44 heavy (non-hydrogen) atoms. The lowest BCUT2D eigenvalue weighted by Gasteiger charge is -2.24. The smallest absolute Gasteiger partial charge is 0.223 e. The maximum absolute atomic E-state index is 13.3. The van der Waals surface area contributed by atoms with Gasteiger partial charge in [-0.05, 0) is 59.4 Å². The van der Waals surface area contributed by atoms with Crippen LogP contribution in [0, 0.1) is 5.41 Å². The summed E-state index contributed by atoms with van der Waals surface area (Å²) in [5.74, 6) is 0.406. The van der Waals surface area contributed by atoms with E-state index in [1.807, 2.05) is 109 Å². The predicted octanol–water partition coefficient (Wildman–Crippen LogP) is 5.98. The molecule has 0 spiro atoms. The van der Waals surface area contributed by atoms with Gasteiger partial charge < -0.3 is 20.5 Å². The van der Waals surface area contributed by atoms with E-state index in [0.29, 0.717) is 25.4 Å². The van der Waals surface area contributed by atoms with Gasteiger partial charge in [-0.3, -0.25) is 14.4 Å². The second-order valence-electron chi connectivity index (χ2n) is 11.6. The summed E-state index contributed by atoms with van der Waals surface area (Å²) >= 11 is 0. The molecule has 4 rings (SSSR count). The number of amides is 2. The summed E-state index contributed by atoms with van der Waals surface area (Å²) in [5, 5.41) is 2.91. The summed E-state index contributed by atoms with van der Waals surface area (Å²) in [6, 6.07) is 34.1. The molecule has 2 amide bonds. The first-order valence-corrected chi connectivity index (χ1v) is 14.8. The zero-order chi connectivity index (χ0) is 31.4. The number of nitrogens with one attached hydrogen (secondary N) is 1. The van der Waals surface area contributed by atoms with Crippen LogP contribution in [0.2, 0.25) is 0 Å². The molecule has 4 aromatic carbocycles. The van der Waals surface area contributed by atoms with Gasteiger partial charge >= 0.3 is 0 Å². The van der Waals surface area contributed by atoms with Crippen LogP contribution in [0.5, 0.6) is 11.5 Å². The Morgan fingerprint density at radius 3 is 1.64 bits per heavy atom. The zero-order valence-corrected chi connectivity index (χ0v) is 25.3. The second kappa shape index (κ2) is 15.5. The number of rotatable bonds is 16. The Hall–Kier alpha value is -4.91. The van der Waals surface area contributed by atoms with Gasteiger partial charge in [-0.2, -0.15) is 0 Å². The van der Waals surface area contributed by atoms with E-state index in [9.17, 15) is 14.4 Å². The minimum Gasteiger partial charge on any atom is -0.489 e. The minimum atomic E-state index is -1.03. The molecule has 0 aliphatic rings. The van der Waals surface area contributed by atoms with Gasteiger partial charge in [0.2, 0.25) is 11.8 Å². The Labute approximate surface area is 259 Å². The van der Waals surface area contributed by atoms with Gasteiger partial charge in [0.05, 0.1) is 11.5 Å². The van der Waals surface area contributed by atoms with E-state index in [-0.39, 0.29) is 31.0 Å². The Balaban J connectivity index is 1.33. The number of nitrogens with two attached hydrogens (primary N) is 1. The monoisotopic (exact) mass is 592 g/mol. The third-order valence-corrected chi connectivity index (χ3v) is 7.43. The van der Waals surface area contributed by atoms with Crippen LogP contribution in [0.3, 0.4) is 0 Å². The summed E-state index contributed by atoms with van der Waals surface area (Å²) < 4.78 is 11.7. The molecule has 7 heteroatoms.